The Kier molecular flexibility index (Phi) is 2.97. The van der Waals surface area contributed by atoms with E-state index in [-0.39, 0.29) is 0 Å². The van der Waals surface area contributed by atoms with Crippen molar-refractivity contribution in [2.75, 3.05) is 0 Å². The molecule has 1 aliphatic carbocycles. The van der Waals surface area contributed by atoms with Crippen molar-refractivity contribution in [1.29, 1.82) is 5.26 Å². The van der Waals surface area contributed by atoms with Gasteiger partial charge in [0.2, 0.25) is 0 Å². The SMILES string of the molecule is Cc1cc(C)c(C(O)C2(C#N)CCC2)cc1C. The number of hydrogen-bond acceptors (Lipinski definition) is 2. The van der Waals surface area contributed by atoms with E-state index in [0.29, 0.717) is 0 Å². The molecule has 2 heteroatoms. The Morgan fingerprint density at radius 1 is 1.18 bits per heavy atom. The second kappa shape index (κ2) is 4.16. The normalized spacial score (nSPS) is 19.2. The highest BCUT2D eigenvalue weighted by molar-refractivity contribution is 5.39. The van der Waals surface area contributed by atoms with Crippen molar-refractivity contribution < 1.29 is 5.11 Å². The summed E-state index contributed by atoms with van der Waals surface area (Å²) in [5.74, 6) is 0. The van der Waals surface area contributed by atoms with E-state index < -0.39 is 11.5 Å². The molecule has 1 fully saturated rings. The number of benzene rings is 1. The molecular formula is C15H19NO. The van der Waals surface area contributed by atoms with Gasteiger partial charge in [-0.1, -0.05) is 18.6 Å². The molecule has 2 rings (SSSR count). The van der Waals surface area contributed by atoms with Crippen molar-refractivity contribution in [2.45, 2.75) is 46.1 Å². The van der Waals surface area contributed by atoms with Crippen LogP contribution in [0.15, 0.2) is 12.1 Å². The molecule has 1 aliphatic rings. The summed E-state index contributed by atoms with van der Waals surface area (Å²) >= 11 is 0. The summed E-state index contributed by atoms with van der Waals surface area (Å²) in [6.45, 7) is 6.13. The van der Waals surface area contributed by atoms with E-state index in [0.717, 1.165) is 30.4 Å². The van der Waals surface area contributed by atoms with Gasteiger partial charge in [0, 0.05) is 0 Å². The van der Waals surface area contributed by atoms with E-state index in [4.69, 9.17) is 0 Å². The maximum Gasteiger partial charge on any atom is 0.0978 e. The number of aliphatic hydroxyl groups is 1. The first kappa shape index (κ1) is 12.1. The molecule has 1 aromatic rings. The van der Waals surface area contributed by atoms with Gasteiger partial charge in [0.05, 0.1) is 17.6 Å². The standard InChI is InChI=1S/C15H19NO/c1-10-7-12(3)13(8-11(10)2)14(17)15(9-16)5-4-6-15/h7-8,14,17H,4-6H2,1-3H3. The van der Waals surface area contributed by atoms with Crippen molar-refractivity contribution >= 4 is 0 Å². The van der Waals surface area contributed by atoms with Crippen LogP contribution in [0.2, 0.25) is 0 Å². The summed E-state index contributed by atoms with van der Waals surface area (Å²) in [6, 6.07) is 6.45. The third-order valence-electron chi connectivity index (χ3n) is 4.17. The van der Waals surface area contributed by atoms with Gasteiger partial charge in [-0.2, -0.15) is 5.26 Å². The Morgan fingerprint density at radius 2 is 1.76 bits per heavy atom. The van der Waals surface area contributed by atoms with Crippen LogP contribution in [0, 0.1) is 37.5 Å². The number of nitriles is 1. The van der Waals surface area contributed by atoms with Crippen molar-refractivity contribution in [2.24, 2.45) is 5.41 Å². The maximum absolute atomic E-state index is 10.5. The van der Waals surface area contributed by atoms with Crippen LogP contribution in [0.5, 0.6) is 0 Å². The monoisotopic (exact) mass is 229 g/mol. The fourth-order valence-corrected chi connectivity index (χ4v) is 2.58. The van der Waals surface area contributed by atoms with E-state index in [1.807, 2.05) is 19.9 Å². The van der Waals surface area contributed by atoms with Gasteiger partial charge in [-0.25, -0.2) is 0 Å². The highest BCUT2D eigenvalue weighted by atomic mass is 16.3. The molecule has 1 unspecified atom stereocenters. The van der Waals surface area contributed by atoms with Crippen LogP contribution in [0.4, 0.5) is 0 Å². The van der Waals surface area contributed by atoms with Crippen LogP contribution < -0.4 is 0 Å². The lowest BCUT2D eigenvalue weighted by molar-refractivity contribution is 0.00750. The minimum absolute atomic E-state index is 0.535. The van der Waals surface area contributed by atoms with Crippen LogP contribution in [-0.4, -0.2) is 5.11 Å². The quantitative estimate of drug-likeness (QED) is 0.845. The Hall–Kier alpha value is -1.33. The minimum Gasteiger partial charge on any atom is -0.387 e. The van der Waals surface area contributed by atoms with Gasteiger partial charge in [0.15, 0.2) is 0 Å². The Balaban J connectivity index is 2.41. The van der Waals surface area contributed by atoms with Crippen LogP contribution in [-0.2, 0) is 0 Å². The highest BCUT2D eigenvalue weighted by Gasteiger charge is 2.45. The minimum atomic E-state index is -0.638. The lowest BCUT2D eigenvalue weighted by Gasteiger charge is -2.40. The molecule has 90 valence electrons. The van der Waals surface area contributed by atoms with Gasteiger partial charge >= 0.3 is 0 Å². The molecule has 1 N–H and O–H groups in total. The predicted molar refractivity (Wildman–Crippen MR) is 67.5 cm³/mol. The van der Waals surface area contributed by atoms with Gasteiger partial charge in [0.1, 0.15) is 0 Å². The molecule has 0 bridgehead atoms. The molecule has 2 nitrogen and oxygen atoms in total. The third-order valence-corrected chi connectivity index (χ3v) is 4.17. The number of rotatable bonds is 2. The number of nitrogens with zero attached hydrogens (tertiary/aromatic N) is 1. The Labute approximate surface area is 103 Å². The zero-order chi connectivity index (χ0) is 12.6. The van der Waals surface area contributed by atoms with E-state index in [2.05, 4.69) is 19.1 Å². The van der Waals surface area contributed by atoms with Gasteiger partial charge in [-0.3, -0.25) is 0 Å². The van der Waals surface area contributed by atoms with Gasteiger partial charge in [-0.15, -0.1) is 0 Å². The smallest absolute Gasteiger partial charge is 0.0978 e. The predicted octanol–water partition coefficient (Wildman–Crippen LogP) is 3.34. The fourth-order valence-electron chi connectivity index (χ4n) is 2.58. The van der Waals surface area contributed by atoms with Gasteiger partial charge in [0.25, 0.3) is 0 Å². The first-order valence-corrected chi connectivity index (χ1v) is 6.17. The first-order valence-electron chi connectivity index (χ1n) is 6.17. The largest absolute Gasteiger partial charge is 0.387 e. The zero-order valence-corrected chi connectivity index (χ0v) is 10.7. The summed E-state index contributed by atoms with van der Waals surface area (Å²) < 4.78 is 0. The average Bonchev–Trinajstić information content (AvgIpc) is 2.22. The van der Waals surface area contributed by atoms with Crippen LogP contribution in [0.3, 0.4) is 0 Å². The van der Waals surface area contributed by atoms with E-state index >= 15 is 0 Å². The highest BCUT2D eigenvalue weighted by Crippen LogP contribution is 2.50. The molecule has 0 saturated heterocycles. The number of aryl methyl sites for hydroxylation is 3. The zero-order valence-electron chi connectivity index (χ0n) is 10.7. The Morgan fingerprint density at radius 3 is 2.24 bits per heavy atom. The summed E-state index contributed by atoms with van der Waals surface area (Å²) in [5, 5.41) is 19.7. The molecule has 0 radical (unpaired) electrons. The van der Waals surface area contributed by atoms with Gasteiger partial charge in [-0.05, 0) is 55.9 Å². The lowest BCUT2D eigenvalue weighted by atomic mass is 9.64. The summed E-state index contributed by atoms with van der Waals surface area (Å²) in [7, 11) is 0. The lowest BCUT2D eigenvalue weighted by Crippen LogP contribution is -2.34. The summed E-state index contributed by atoms with van der Waals surface area (Å²) in [6.07, 6.45) is 2.04. The molecule has 1 saturated carbocycles. The van der Waals surface area contributed by atoms with E-state index in [1.165, 1.54) is 11.1 Å². The van der Waals surface area contributed by atoms with Crippen molar-refractivity contribution in [3.8, 4) is 6.07 Å². The molecule has 0 spiro atoms. The van der Waals surface area contributed by atoms with E-state index in [1.54, 1.807) is 0 Å². The Bertz CT molecular complexity index is 480. The van der Waals surface area contributed by atoms with Gasteiger partial charge < -0.3 is 5.11 Å². The number of hydrogen-bond donors (Lipinski definition) is 1. The molecule has 0 aromatic heterocycles. The molecule has 1 atom stereocenters. The summed E-state index contributed by atoms with van der Waals surface area (Å²) in [4.78, 5) is 0. The molecule has 0 heterocycles. The molecule has 1 aromatic carbocycles. The second-order valence-corrected chi connectivity index (χ2v) is 5.32. The third kappa shape index (κ3) is 1.85. The maximum atomic E-state index is 10.5. The first-order chi connectivity index (χ1) is 8.00. The second-order valence-electron chi connectivity index (χ2n) is 5.32. The van der Waals surface area contributed by atoms with Crippen LogP contribution >= 0.6 is 0 Å². The van der Waals surface area contributed by atoms with E-state index in [9.17, 15) is 10.4 Å². The molecule has 0 aliphatic heterocycles. The van der Waals surface area contributed by atoms with Crippen LogP contribution in [0.25, 0.3) is 0 Å². The van der Waals surface area contributed by atoms with Crippen molar-refractivity contribution in [1.82, 2.24) is 0 Å². The molecule has 0 amide bonds. The molecular weight excluding hydrogens is 210 g/mol. The topological polar surface area (TPSA) is 44.0 Å². The average molecular weight is 229 g/mol. The molecule has 17 heavy (non-hydrogen) atoms. The van der Waals surface area contributed by atoms with Crippen molar-refractivity contribution in [3.63, 3.8) is 0 Å². The fraction of sp³-hybridized carbons (Fsp3) is 0.533. The van der Waals surface area contributed by atoms with Crippen molar-refractivity contribution in [3.05, 3.63) is 34.4 Å². The number of aliphatic hydroxyl groups excluding tert-OH is 1. The van der Waals surface area contributed by atoms with Crippen LogP contribution in [0.1, 0.15) is 47.6 Å². The summed E-state index contributed by atoms with van der Waals surface area (Å²) in [5.41, 5.74) is 3.89.